The maximum atomic E-state index is 12.7. The van der Waals surface area contributed by atoms with Crippen molar-refractivity contribution in [1.82, 2.24) is 10.3 Å². The molecule has 2 heterocycles. The number of aryl methyl sites for hydroxylation is 1. The van der Waals surface area contributed by atoms with E-state index in [1.165, 1.54) is 28.2 Å². The molecule has 0 saturated carbocycles. The summed E-state index contributed by atoms with van der Waals surface area (Å²) in [5.41, 5.74) is 3.41. The lowest BCUT2D eigenvalue weighted by molar-refractivity contribution is -0.116. The first-order valence-corrected chi connectivity index (χ1v) is 12.7. The fourth-order valence-corrected chi connectivity index (χ4v) is 6.00. The molecule has 1 aliphatic rings. The number of nitrogens with zero attached hydrogens (tertiary/aromatic N) is 1. The number of benzene rings is 1. The maximum absolute atomic E-state index is 12.7. The van der Waals surface area contributed by atoms with Crippen molar-refractivity contribution < 1.29 is 9.59 Å². The van der Waals surface area contributed by atoms with Crippen LogP contribution in [0.1, 0.15) is 54.0 Å². The van der Waals surface area contributed by atoms with Gasteiger partial charge in [0, 0.05) is 40.5 Å². The van der Waals surface area contributed by atoms with E-state index >= 15 is 0 Å². The average molecular weight is 469 g/mol. The Morgan fingerprint density at radius 1 is 1.09 bits per heavy atom. The molecule has 0 atom stereocenters. The summed E-state index contributed by atoms with van der Waals surface area (Å²) in [6, 6.07) is 9.72. The van der Waals surface area contributed by atoms with E-state index < -0.39 is 0 Å². The van der Waals surface area contributed by atoms with Crippen molar-refractivity contribution in [2.75, 3.05) is 17.2 Å². The number of thiophene rings is 1. The number of nitrogens with one attached hydrogen (secondary N) is 3. The van der Waals surface area contributed by atoms with Gasteiger partial charge in [0.1, 0.15) is 15.7 Å². The van der Waals surface area contributed by atoms with Crippen molar-refractivity contribution in [2.24, 2.45) is 0 Å². The molecule has 6 nitrogen and oxygen atoms in total. The van der Waals surface area contributed by atoms with Crippen molar-refractivity contribution >= 4 is 45.2 Å². The van der Waals surface area contributed by atoms with Crippen LogP contribution in [-0.2, 0) is 17.6 Å². The van der Waals surface area contributed by atoms with Crippen LogP contribution in [0.25, 0.3) is 10.6 Å². The zero-order valence-corrected chi connectivity index (χ0v) is 20.0. The molecule has 32 heavy (non-hydrogen) atoms. The lowest BCUT2D eigenvalue weighted by Crippen LogP contribution is -2.27. The van der Waals surface area contributed by atoms with Gasteiger partial charge in [0.15, 0.2) is 0 Å². The Kier molecular flexibility index (Phi) is 7.34. The fraction of sp³-hybridized carbons (Fsp3) is 0.375. The van der Waals surface area contributed by atoms with Gasteiger partial charge in [-0.05, 0) is 43.4 Å². The summed E-state index contributed by atoms with van der Waals surface area (Å²) >= 11 is 3.11. The minimum absolute atomic E-state index is 0.00315. The van der Waals surface area contributed by atoms with Crippen LogP contribution in [0.2, 0.25) is 0 Å². The van der Waals surface area contributed by atoms with Crippen LogP contribution in [0.3, 0.4) is 0 Å². The van der Waals surface area contributed by atoms with Gasteiger partial charge in [-0.1, -0.05) is 32.0 Å². The lowest BCUT2D eigenvalue weighted by Gasteiger charge is -2.12. The monoisotopic (exact) mass is 468 g/mol. The van der Waals surface area contributed by atoms with Crippen molar-refractivity contribution in [2.45, 2.75) is 52.0 Å². The highest BCUT2D eigenvalue weighted by Crippen LogP contribution is 2.45. The summed E-state index contributed by atoms with van der Waals surface area (Å²) in [7, 11) is 0. The third kappa shape index (κ3) is 5.43. The molecule has 0 unspecified atom stereocenters. The first-order valence-electron chi connectivity index (χ1n) is 11.0. The Bertz CT molecular complexity index is 1090. The molecule has 1 aliphatic carbocycles. The average Bonchev–Trinajstić information content (AvgIpc) is 3.38. The molecule has 4 rings (SSSR count). The molecule has 2 amide bonds. The minimum Gasteiger partial charge on any atom is -0.321 e. The summed E-state index contributed by atoms with van der Waals surface area (Å²) in [5.74, 6) is -0.232. The van der Waals surface area contributed by atoms with E-state index in [0.29, 0.717) is 24.7 Å². The molecule has 8 heteroatoms. The van der Waals surface area contributed by atoms with Gasteiger partial charge >= 0.3 is 0 Å². The second-order valence-electron chi connectivity index (χ2n) is 8.18. The van der Waals surface area contributed by atoms with Crippen LogP contribution in [0.4, 0.5) is 10.7 Å². The first kappa shape index (κ1) is 22.6. The normalized spacial score (nSPS) is 13.1. The van der Waals surface area contributed by atoms with Crippen LogP contribution >= 0.6 is 22.7 Å². The van der Waals surface area contributed by atoms with Gasteiger partial charge in [0.2, 0.25) is 5.91 Å². The van der Waals surface area contributed by atoms with Gasteiger partial charge in [-0.3, -0.25) is 9.59 Å². The predicted molar refractivity (Wildman–Crippen MR) is 133 cm³/mol. The molecule has 0 spiro atoms. The number of hydrogen-bond acceptors (Lipinski definition) is 6. The van der Waals surface area contributed by atoms with Gasteiger partial charge in [0.25, 0.3) is 5.91 Å². The number of hydrogen-bond donors (Lipinski definition) is 3. The quantitative estimate of drug-likeness (QED) is 0.417. The van der Waals surface area contributed by atoms with Crippen molar-refractivity contribution in [3.05, 3.63) is 51.8 Å². The third-order valence-electron chi connectivity index (χ3n) is 5.31. The first-order chi connectivity index (χ1) is 15.5. The fourth-order valence-electron chi connectivity index (χ4n) is 3.75. The molecule has 0 aliphatic heterocycles. The van der Waals surface area contributed by atoms with E-state index in [1.807, 2.05) is 30.3 Å². The zero-order chi connectivity index (χ0) is 22.5. The number of aromatic nitrogens is 1. The summed E-state index contributed by atoms with van der Waals surface area (Å²) in [5, 5.41) is 12.7. The molecule has 0 saturated heterocycles. The minimum atomic E-state index is -0.229. The van der Waals surface area contributed by atoms with E-state index in [1.54, 1.807) is 16.7 Å². The van der Waals surface area contributed by atoms with Crippen LogP contribution in [0.5, 0.6) is 0 Å². The van der Waals surface area contributed by atoms with Crippen molar-refractivity contribution in [1.29, 1.82) is 0 Å². The Hall–Kier alpha value is -2.55. The predicted octanol–water partition coefficient (Wildman–Crippen LogP) is 5.33. The highest BCUT2D eigenvalue weighted by Gasteiger charge is 2.25. The van der Waals surface area contributed by atoms with E-state index in [4.69, 9.17) is 0 Å². The Morgan fingerprint density at radius 2 is 1.88 bits per heavy atom. The Morgan fingerprint density at radius 3 is 2.66 bits per heavy atom. The van der Waals surface area contributed by atoms with Gasteiger partial charge < -0.3 is 16.0 Å². The van der Waals surface area contributed by atoms with Crippen LogP contribution in [-0.4, -0.2) is 29.4 Å². The van der Waals surface area contributed by atoms with Crippen LogP contribution in [0, 0.1) is 0 Å². The number of thiazole rings is 1. The van der Waals surface area contributed by atoms with Crippen LogP contribution in [0.15, 0.2) is 35.7 Å². The largest absolute Gasteiger partial charge is 0.321 e. The molecule has 3 N–H and O–H groups in total. The number of anilines is 2. The summed E-state index contributed by atoms with van der Waals surface area (Å²) in [6.45, 7) is 4.78. The second kappa shape index (κ2) is 10.4. The number of carbonyl (C=O) groups is 2. The topological polar surface area (TPSA) is 83.1 Å². The molecule has 2 aromatic heterocycles. The van der Waals surface area contributed by atoms with Crippen molar-refractivity contribution in [3.8, 4) is 10.6 Å². The maximum Gasteiger partial charge on any atom is 0.275 e. The molecule has 0 bridgehead atoms. The van der Waals surface area contributed by atoms with Crippen molar-refractivity contribution in [3.63, 3.8) is 0 Å². The molecular weight excluding hydrogens is 440 g/mol. The molecule has 3 aromatic rings. The lowest BCUT2D eigenvalue weighted by atomic mass is 9.95. The number of para-hydroxylation sites is 1. The number of carbonyl (C=O) groups excluding carboxylic acids is 2. The van der Waals surface area contributed by atoms with Crippen LogP contribution < -0.4 is 16.0 Å². The summed E-state index contributed by atoms with van der Waals surface area (Å²) in [6.07, 6.45) is 4.74. The van der Waals surface area contributed by atoms with Gasteiger partial charge in [0.05, 0.1) is 0 Å². The summed E-state index contributed by atoms with van der Waals surface area (Å²) < 4.78 is 0. The zero-order valence-electron chi connectivity index (χ0n) is 18.4. The standard InChI is InChI=1S/C24H28N4O2S2/c1-15(2)25-13-12-20(29)28-24-21(17-10-6-7-11-19(17)32-24)23-27-18(14-31-23)22(30)26-16-8-4-3-5-9-16/h3-5,8-9,14-15,25H,6-7,10-13H2,1-2H3,(H,26,30)(H,28,29). The molecule has 1 aromatic carbocycles. The van der Waals surface area contributed by atoms with Gasteiger partial charge in [-0.15, -0.1) is 22.7 Å². The Labute approximate surface area is 196 Å². The number of rotatable bonds is 8. The van der Waals surface area contributed by atoms with E-state index in [2.05, 4.69) is 34.8 Å². The SMILES string of the molecule is CC(C)NCCC(=O)Nc1sc2c(c1-c1nc(C(=O)Nc3ccccc3)cs1)CCCC2. The smallest absolute Gasteiger partial charge is 0.275 e. The van der Waals surface area contributed by atoms with E-state index in [0.717, 1.165) is 40.5 Å². The summed E-state index contributed by atoms with van der Waals surface area (Å²) in [4.78, 5) is 31.2. The molecule has 168 valence electrons. The third-order valence-corrected chi connectivity index (χ3v) is 7.38. The molecular formula is C24H28N4O2S2. The highest BCUT2D eigenvalue weighted by atomic mass is 32.1. The highest BCUT2D eigenvalue weighted by molar-refractivity contribution is 7.18. The van der Waals surface area contributed by atoms with Gasteiger partial charge in [-0.2, -0.15) is 0 Å². The molecule has 0 fully saturated rings. The second-order valence-corrected chi connectivity index (χ2v) is 10.1. The number of amides is 2. The molecule has 0 radical (unpaired) electrons. The van der Waals surface area contributed by atoms with E-state index in [-0.39, 0.29) is 11.8 Å². The van der Waals surface area contributed by atoms with Gasteiger partial charge in [-0.25, -0.2) is 4.98 Å². The van der Waals surface area contributed by atoms with E-state index in [9.17, 15) is 9.59 Å². The number of fused-ring (bicyclic) bond motifs is 1. The Balaban J connectivity index is 1.55.